The molecule has 0 unspecified atom stereocenters. The standard InChI is InChI=1S/C18H27N5O2S/c1-4-5-6-10-20-16(24)12-26-18-22-21-15(23(18)19)11-25-17-13(2)8-7-9-14(17)3/h7-9H,4-6,10-12,19H2,1-3H3,(H,20,24). The lowest BCUT2D eigenvalue weighted by molar-refractivity contribution is -0.118. The first-order valence-corrected chi connectivity index (χ1v) is 9.79. The molecular weight excluding hydrogens is 350 g/mol. The topological polar surface area (TPSA) is 95.1 Å². The van der Waals surface area contributed by atoms with E-state index in [1.165, 1.54) is 16.4 Å². The molecule has 0 bridgehead atoms. The molecule has 2 aromatic rings. The van der Waals surface area contributed by atoms with Gasteiger partial charge in [-0.05, 0) is 31.4 Å². The van der Waals surface area contributed by atoms with Crippen molar-refractivity contribution in [2.24, 2.45) is 0 Å². The van der Waals surface area contributed by atoms with Crippen LogP contribution in [0.4, 0.5) is 0 Å². The van der Waals surface area contributed by atoms with Gasteiger partial charge in [0.15, 0.2) is 5.82 Å². The third kappa shape index (κ3) is 5.66. The largest absolute Gasteiger partial charge is 0.485 e. The zero-order valence-electron chi connectivity index (χ0n) is 15.6. The Morgan fingerprint density at radius 2 is 2.00 bits per heavy atom. The van der Waals surface area contributed by atoms with Crippen molar-refractivity contribution in [1.29, 1.82) is 0 Å². The van der Waals surface area contributed by atoms with E-state index in [0.29, 0.717) is 17.5 Å². The summed E-state index contributed by atoms with van der Waals surface area (Å²) in [6.45, 7) is 7.05. The highest BCUT2D eigenvalue weighted by atomic mass is 32.2. The van der Waals surface area contributed by atoms with E-state index in [9.17, 15) is 4.79 Å². The Morgan fingerprint density at radius 3 is 2.69 bits per heavy atom. The van der Waals surface area contributed by atoms with Gasteiger partial charge in [-0.25, -0.2) is 4.68 Å². The molecule has 0 spiro atoms. The van der Waals surface area contributed by atoms with E-state index in [2.05, 4.69) is 22.4 Å². The van der Waals surface area contributed by atoms with E-state index in [1.54, 1.807) is 0 Å². The quantitative estimate of drug-likeness (QED) is 0.375. The summed E-state index contributed by atoms with van der Waals surface area (Å²) in [5, 5.41) is 11.5. The molecule has 1 aromatic heterocycles. The Hall–Kier alpha value is -2.22. The lowest BCUT2D eigenvalue weighted by Crippen LogP contribution is -2.26. The Kier molecular flexibility index (Phi) is 7.77. The fourth-order valence-electron chi connectivity index (χ4n) is 2.45. The predicted molar refractivity (Wildman–Crippen MR) is 104 cm³/mol. The first-order valence-electron chi connectivity index (χ1n) is 8.80. The van der Waals surface area contributed by atoms with Crippen LogP contribution in [-0.2, 0) is 11.4 Å². The minimum Gasteiger partial charge on any atom is -0.485 e. The molecule has 0 radical (unpaired) electrons. The van der Waals surface area contributed by atoms with Gasteiger partial charge >= 0.3 is 0 Å². The maximum absolute atomic E-state index is 11.8. The molecule has 142 valence electrons. The number of carbonyl (C=O) groups is 1. The predicted octanol–water partition coefficient (Wildman–Crippen LogP) is 2.59. The molecule has 0 aliphatic carbocycles. The molecule has 1 heterocycles. The van der Waals surface area contributed by atoms with E-state index in [1.807, 2.05) is 32.0 Å². The number of hydrogen-bond acceptors (Lipinski definition) is 6. The SMILES string of the molecule is CCCCCNC(=O)CSc1nnc(COc2c(C)cccc2C)n1N. The van der Waals surface area contributed by atoms with E-state index in [-0.39, 0.29) is 18.3 Å². The van der Waals surface area contributed by atoms with Gasteiger partial charge < -0.3 is 15.9 Å². The summed E-state index contributed by atoms with van der Waals surface area (Å²) in [4.78, 5) is 11.8. The van der Waals surface area contributed by atoms with Crippen molar-refractivity contribution in [3.8, 4) is 5.75 Å². The number of nitrogens with two attached hydrogens (primary N) is 1. The molecule has 0 atom stereocenters. The van der Waals surface area contributed by atoms with Gasteiger partial charge in [0.1, 0.15) is 12.4 Å². The number of aryl methyl sites for hydroxylation is 2. The second-order valence-corrected chi connectivity index (χ2v) is 7.07. The first-order chi connectivity index (χ1) is 12.5. The van der Waals surface area contributed by atoms with Crippen molar-refractivity contribution < 1.29 is 9.53 Å². The highest BCUT2D eigenvalue weighted by Gasteiger charge is 2.13. The second kappa shape index (κ2) is 10.1. The van der Waals surface area contributed by atoms with Crippen LogP contribution < -0.4 is 15.9 Å². The number of aromatic nitrogens is 3. The number of nitrogen functional groups attached to an aromatic ring is 1. The third-order valence-electron chi connectivity index (χ3n) is 3.92. The van der Waals surface area contributed by atoms with Gasteiger partial charge in [-0.2, -0.15) is 0 Å². The molecule has 0 fully saturated rings. The molecule has 0 aliphatic rings. The van der Waals surface area contributed by atoms with Gasteiger partial charge in [-0.1, -0.05) is 49.7 Å². The first kappa shape index (κ1) is 20.1. The van der Waals surface area contributed by atoms with Crippen molar-refractivity contribution in [3.05, 3.63) is 35.2 Å². The van der Waals surface area contributed by atoms with E-state index >= 15 is 0 Å². The van der Waals surface area contributed by atoms with E-state index < -0.39 is 0 Å². The molecule has 8 heteroatoms. The van der Waals surface area contributed by atoms with E-state index in [0.717, 1.165) is 36.1 Å². The summed E-state index contributed by atoms with van der Waals surface area (Å²) in [6, 6.07) is 5.98. The molecule has 2 rings (SSSR count). The minimum absolute atomic E-state index is 0.0255. The highest BCUT2D eigenvalue weighted by molar-refractivity contribution is 7.99. The molecule has 26 heavy (non-hydrogen) atoms. The molecule has 0 saturated carbocycles. The fraction of sp³-hybridized carbons (Fsp3) is 0.500. The Bertz CT molecular complexity index is 712. The normalized spacial score (nSPS) is 10.7. The average Bonchev–Trinajstić information content (AvgIpc) is 2.96. The molecule has 7 nitrogen and oxygen atoms in total. The number of para-hydroxylation sites is 1. The van der Waals surface area contributed by atoms with Gasteiger partial charge in [0.2, 0.25) is 11.1 Å². The summed E-state index contributed by atoms with van der Waals surface area (Å²) in [5.74, 6) is 7.61. The Labute approximate surface area is 158 Å². The number of unbranched alkanes of at least 4 members (excludes halogenated alkanes) is 2. The van der Waals surface area contributed by atoms with Gasteiger partial charge in [0.05, 0.1) is 5.75 Å². The molecule has 1 amide bonds. The molecule has 3 N–H and O–H groups in total. The van der Waals surface area contributed by atoms with Crippen LogP contribution in [0, 0.1) is 13.8 Å². The summed E-state index contributed by atoms with van der Waals surface area (Å²) in [7, 11) is 0. The number of ether oxygens (including phenoxy) is 1. The monoisotopic (exact) mass is 377 g/mol. The minimum atomic E-state index is -0.0255. The summed E-state index contributed by atoms with van der Waals surface area (Å²) in [5.41, 5.74) is 2.12. The number of benzene rings is 1. The zero-order chi connectivity index (χ0) is 18.9. The summed E-state index contributed by atoms with van der Waals surface area (Å²) < 4.78 is 7.24. The molecule has 0 aliphatic heterocycles. The van der Waals surface area contributed by atoms with Crippen molar-refractivity contribution in [1.82, 2.24) is 20.2 Å². The van der Waals surface area contributed by atoms with Crippen molar-refractivity contribution in [3.63, 3.8) is 0 Å². The number of nitrogens with zero attached hydrogens (tertiary/aromatic N) is 3. The number of carbonyl (C=O) groups excluding carboxylic acids is 1. The maximum atomic E-state index is 11.8. The second-order valence-electron chi connectivity index (χ2n) is 6.12. The Balaban J connectivity index is 1.84. The van der Waals surface area contributed by atoms with Gasteiger partial charge in [0, 0.05) is 6.54 Å². The van der Waals surface area contributed by atoms with Crippen LogP contribution >= 0.6 is 11.8 Å². The van der Waals surface area contributed by atoms with Gasteiger partial charge in [-0.15, -0.1) is 10.2 Å². The summed E-state index contributed by atoms with van der Waals surface area (Å²) >= 11 is 1.26. The van der Waals surface area contributed by atoms with Crippen LogP contribution in [0.25, 0.3) is 0 Å². The van der Waals surface area contributed by atoms with Crippen LogP contribution in [-0.4, -0.2) is 33.1 Å². The van der Waals surface area contributed by atoms with Crippen LogP contribution in [0.3, 0.4) is 0 Å². The lowest BCUT2D eigenvalue weighted by atomic mass is 10.1. The van der Waals surface area contributed by atoms with Crippen molar-refractivity contribution >= 4 is 17.7 Å². The zero-order valence-corrected chi connectivity index (χ0v) is 16.4. The van der Waals surface area contributed by atoms with Gasteiger partial charge in [-0.3, -0.25) is 4.79 Å². The van der Waals surface area contributed by atoms with Gasteiger partial charge in [0.25, 0.3) is 0 Å². The molecular formula is C18H27N5O2S. The number of thioether (sulfide) groups is 1. The van der Waals surface area contributed by atoms with Crippen molar-refractivity contribution in [2.75, 3.05) is 18.1 Å². The number of amides is 1. The lowest BCUT2D eigenvalue weighted by Gasteiger charge is -2.11. The maximum Gasteiger partial charge on any atom is 0.230 e. The fourth-order valence-corrected chi connectivity index (χ4v) is 3.16. The van der Waals surface area contributed by atoms with Crippen LogP contribution in [0.15, 0.2) is 23.4 Å². The number of hydrogen-bond donors (Lipinski definition) is 2. The molecule has 0 saturated heterocycles. The molecule has 1 aromatic carbocycles. The van der Waals surface area contributed by atoms with Crippen LogP contribution in [0.1, 0.15) is 43.1 Å². The Morgan fingerprint density at radius 1 is 1.27 bits per heavy atom. The van der Waals surface area contributed by atoms with Crippen LogP contribution in [0.5, 0.6) is 5.75 Å². The number of rotatable bonds is 10. The van der Waals surface area contributed by atoms with E-state index in [4.69, 9.17) is 10.6 Å². The number of nitrogens with one attached hydrogen (secondary N) is 1. The average molecular weight is 378 g/mol. The highest BCUT2D eigenvalue weighted by Crippen LogP contribution is 2.23. The van der Waals surface area contributed by atoms with Crippen LogP contribution in [0.2, 0.25) is 0 Å². The summed E-state index contributed by atoms with van der Waals surface area (Å²) in [6.07, 6.45) is 3.25. The smallest absolute Gasteiger partial charge is 0.230 e. The third-order valence-corrected chi connectivity index (χ3v) is 4.87. The van der Waals surface area contributed by atoms with Crippen molar-refractivity contribution in [2.45, 2.75) is 51.8 Å².